The van der Waals surface area contributed by atoms with E-state index in [1.807, 2.05) is 12.3 Å². The lowest BCUT2D eigenvalue weighted by atomic mass is 9.72. The lowest BCUT2D eigenvalue weighted by Crippen LogP contribution is -2.22. The second kappa shape index (κ2) is 14.1. The van der Waals surface area contributed by atoms with Gasteiger partial charge < -0.3 is 4.98 Å². The van der Waals surface area contributed by atoms with Gasteiger partial charge in [0.2, 0.25) is 0 Å². The predicted molar refractivity (Wildman–Crippen MR) is 259 cm³/mol. The van der Waals surface area contributed by atoms with Crippen molar-refractivity contribution in [2.24, 2.45) is 0 Å². The molecule has 0 aliphatic rings. The lowest BCUT2D eigenvalue weighted by molar-refractivity contribution is 0.535. The molecule has 1 N–H and O–H groups in total. The number of aromatic nitrogens is 5. The molecule has 5 heteroatoms. The first-order valence-corrected chi connectivity index (χ1v) is 21.9. The summed E-state index contributed by atoms with van der Waals surface area (Å²) in [4.78, 5) is 14.7. The summed E-state index contributed by atoms with van der Waals surface area (Å²) < 4.78 is 4.67. The van der Waals surface area contributed by atoms with E-state index in [9.17, 15) is 0 Å². The molecule has 0 spiro atoms. The molecule has 0 unspecified atom stereocenters. The highest BCUT2D eigenvalue weighted by molar-refractivity contribution is 6.15. The second-order valence-electron chi connectivity index (χ2n) is 19.6. The SMILES string of the molecule is CC(C)c1cc2[nH]c3c(-c4nc5c(-c6ccc7c8ccccc8n(-c8ccccn8)c7c6)cccc5n4-c4ccccc4)cc(C(C)(C)C)c(C(C)(C)C)c3c2cc1C(C)C. The van der Waals surface area contributed by atoms with Crippen molar-refractivity contribution in [3.8, 4) is 34.0 Å². The first-order valence-electron chi connectivity index (χ1n) is 21.9. The van der Waals surface area contributed by atoms with Gasteiger partial charge in [-0.1, -0.05) is 136 Å². The lowest BCUT2D eigenvalue weighted by Gasteiger charge is -2.32. The standard InChI is InChI=1S/C56H55N5/c1-33(2)40-30-42-45(32-41(40)34(3)4)58-53-43(31-44(55(5,6)7)51(50(42)53)56(8,9)10)54-59-52-37(22-18-24-47(52)60(54)36-19-12-11-13-20-36)35-26-27-39-38-21-14-15-23-46(38)61(48(39)29-35)49-25-16-17-28-57-49/h11-34,58H,1-10H3. The summed E-state index contributed by atoms with van der Waals surface area (Å²) in [7, 11) is 0. The first kappa shape index (κ1) is 38.7. The predicted octanol–water partition coefficient (Wildman–Crippen LogP) is 15.3. The van der Waals surface area contributed by atoms with E-state index in [2.05, 4.69) is 205 Å². The fourth-order valence-corrected chi connectivity index (χ4v) is 9.93. The van der Waals surface area contributed by atoms with Crippen LogP contribution in [-0.2, 0) is 10.8 Å². The van der Waals surface area contributed by atoms with Crippen LogP contribution in [0.3, 0.4) is 0 Å². The Morgan fingerprint density at radius 2 is 1.25 bits per heavy atom. The first-order chi connectivity index (χ1) is 29.2. The number of para-hydroxylation sites is 3. The molecule has 0 aliphatic heterocycles. The maximum Gasteiger partial charge on any atom is 0.147 e. The van der Waals surface area contributed by atoms with Crippen LogP contribution >= 0.6 is 0 Å². The summed E-state index contributed by atoms with van der Waals surface area (Å²) in [5.41, 5.74) is 16.3. The molecule has 304 valence electrons. The van der Waals surface area contributed by atoms with Crippen molar-refractivity contribution >= 4 is 54.6 Å². The van der Waals surface area contributed by atoms with Gasteiger partial charge in [0, 0.05) is 50.1 Å². The van der Waals surface area contributed by atoms with Gasteiger partial charge in [-0.25, -0.2) is 9.97 Å². The quantitative estimate of drug-likeness (QED) is 0.182. The maximum absolute atomic E-state index is 5.79. The van der Waals surface area contributed by atoms with Crippen LogP contribution in [0, 0.1) is 0 Å². The number of nitrogens with zero attached hydrogens (tertiary/aromatic N) is 4. The summed E-state index contributed by atoms with van der Waals surface area (Å²) in [5, 5.41) is 5.01. The molecule has 0 atom stereocenters. The minimum absolute atomic E-state index is 0.119. The highest BCUT2D eigenvalue weighted by atomic mass is 15.1. The number of aromatic amines is 1. The molecule has 0 saturated heterocycles. The summed E-state index contributed by atoms with van der Waals surface area (Å²) in [6, 6.07) is 46.4. The summed E-state index contributed by atoms with van der Waals surface area (Å²) in [5.74, 6) is 2.63. The van der Waals surface area contributed by atoms with Crippen molar-refractivity contribution in [3.05, 3.63) is 156 Å². The summed E-state index contributed by atoms with van der Waals surface area (Å²) in [6.45, 7) is 23.5. The molecule has 0 fully saturated rings. The highest BCUT2D eigenvalue weighted by Crippen LogP contribution is 2.48. The van der Waals surface area contributed by atoms with Gasteiger partial charge in [0.25, 0.3) is 0 Å². The van der Waals surface area contributed by atoms with E-state index < -0.39 is 0 Å². The van der Waals surface area contributed by atoms with Gasteiger partial charge in [-0.05, 0) is 111 Å². The Morgan fingerprint density at radius 1 is 0.557 bits per heavy atom. The minimum atomic E-state index is -0.135. The van der Waals surface area contributed by atoms with Gasteiger partial charge in [0.15, 0.2) is 0 Å². The third-order valence-corrected chi connectivity index (χ3v) is 12.7. The number of imidazole rings is 1. The normalized spacial score (nSPS) is 12.7. The Bertz CT molecular complexity index is 3310. The average Bonchev–Trinajstić information content (AvgIpc) is 3.92. The van der Waals surface area contributed by atoms with Gasteiger partial charge in [0.1, 0.15) is 11.6 Å². The number of rotatable bonds is 6. The van der Waals surface area contributed by atoms with E-state index in [4.69, 9.17) is 9.97 Å². The van der Waals surface area contributed by atoms with Crippen LogP contribution in [0.25, 0.3) is 88.7 Å². The van der Waals surface area contributed by atoms with E-state index in [1.54, 1.807) is 0 Å². The van der Waals surface area contributed by atoms with E-state index >= 15 is 0 Å². The number of hydrogen-bond donors (Lipinski definition) is 1. The number of nitrogens with one attached hydrogen (secondary N) is 1. The molecule has 4 heterocycles. The Labute approximate surface area is 359 Å². The van der Waals surface area contributed by atoms with Gasteiger partial charge >= 0.3 is 0 Å². The Morgan fingerprint density at radius 3 is 1.95 bits per heavy atom. The average molecular weight is 798 g/mol. The molecule has 61 heavy (non-hydrogen) atoms. The molecule has 0 bridgehead atoms. The van der Waals surface area contributed by atoms with E-state index in [0.29, 0.717) is 11.8 Å². The molecule has 6 aromatic carbocycles. The third kappa shape index (κ3) is 6.19. The van der Waals surface area contributed by atoms with Crippen molar-refractivity contribution in [2.75, 3.05) is 0 Å². The second-order valence-corrected chi connectivity index (χ2v) is 19.6. The van der Waals surface area contributed by atoms with Crippen molar-refractivity contribution in [3.63, 3.8) is 0 Å². The molecule has 0 amide bonds. The van der Waals surface area contributed by atoms with Crippen LogP contribution in [0.15, 0.2) is 134 Å². The molecule has 10 rings (SSSR count). The molecular formula is C56H55N5. The van der Waals surface area contributed by atoms with Gasteiger partial charge in [-0.3, -0.25) is 9.13 Å². The fourth-order valence-electron chi connectivity index (χ4n) is 9.93. The monoisotopic (exact) mass is 797 g/mol. The van der Waals surface area contributed by atoms with Crippen LogP contribution < -0.4 is 0 Å². The molecule has 4 aromatic heterocycles. The van der Waals surface area contributed by atoms with E-state index in [1.165, 1.54) is 49.3 Å². The van der Waals surface area contributed by atoms with Crippen LogP contribution in [-0.4, -0.2) is 24.1 Å². The number of pyridine rings is 1. The number of fused-ring (bicyclic) bond motifs is 7. The van der Waals surface area contributed by atoms with Crippen LogP contribution in [0.1, 0.15) is 103 Å². The molecular weight excluding hydrogens is 743 g/mol. The maximum atomic E-state index is 5.79. The van der Waals surface area contributed by atoms with Crippen molar-refractivity contribution in [2.45, 2.75) is 91.9 Å². The third-order valence-electron chi connectivity index (χ3n) is 12.7. The van der Waals surface area contributed by atoms with Crippen LogP contribution in [0.4, 0.5) is 0 Å². The minimum Gasteiger partial charge on any atom is -0.354 e. The van der Waals surface area contributed by atoms with Gasteiger partial charge in [-0.2, -0.15) is 0 Å². The molecule has 5 nitrogen and oxygen atoms in total. The topological polar surface area (TPSA) is 51.4 Å². The van der Waals surface area contributed by atoms with Crippen LogP contribution in [0.2, 0.25) is 0 Å². The van der Waals surface area contributed by atoms with Crippen LogP contribution in [0.5, 0.6) is 0 Å². The van der Waals surface area contributed by atoms with E-state index in [-0.39, 0.29) is 10.8 Å². The van der Waals surface area contributed by atoms with Crippen molar-refractivity contribution < 1.29 is 0 Å². The fraction of sp³-hybridized carbons (Fsp3) is 0.250. The number of hydrogen-bond acceptors (Lipinski definition) is 2. The number of H-pyrrole nitrogens is 1. The Hall–Kier alpha value is -6.46. The highest BCUT2D eigenvalue weighted by Gasteiger charge is 2.33. The van der Waals surface area contributed by atoms with Gasteiger partial charge in [0.05, 0.1) is 27.6 Å². The number of benzene rings is 6. The Kier molecular flexibility index (Phi) is 8.92. The Balaban J connectivity index is 1.32. The van der Waals surface area contributed by atoms with Gasteiger partial charge in [-0.15, -0.1) is 0 Å². The largest absolute Gasteiger partial charge is 0.354 e. The summed E-state index contributed by atoms with van der Waals surface area (Å²) >= 11 is 0. The van der Waals surface area contributed by atoms with Crippen molar-refractivity contribution in [1.29, 1.82) is 0 Å². The molecule has 10 aromatic rings. The zero-order chi connectivity index (χ0) is 42.5. The van der Waals surface area contributed by atoms with E-state index in [0.717, 1.165) is 61.6 Å². The zero-order valence-corrected chi connectivity index (χ0v) is 37.1. The molecule has 0 aliphatic carbocycles. The molecule has 0 radical (unpaired) electrons. The zero-order valence-electron chi connectivity index (χ0n) is 37.1. The molecule has 0 saturated carbocycles. The summed E-state index contributed by atoms with van der Waals surface area (Å²) in [6.07, 6.45) is 1.87. The smallest absolute Gasteiger partial charge is 0.147 e. The van der Waals surface area contributed by atoms with Crippen molar-refractivity contribution in [1.82, 2.24) is 24.1 Å².